The van der Waals surface area contributed by atoms with Gasteiger partial charge < -0.3 is 4.74 Å². The van der Waals surface area contributed by atoms with Crippen molar-refractivity contribution in [2.24, 2.45) is 7.05 Å². The van der Waals surface area contributed by atoms with Crippen molar-refractivity contribution in [1.29, 1.82) is 0 Å². The van der Waals surface area contributed by atoms with Gasteiger partial charge in [0.1, 0.15) is 6.04 Å². The molecular weight excluding hydrogens is 374 g/mol. The van der Waals surface area contributed by atoms with Crippen LogP contribution in [0.1, 0.15) is 26.3 Å². The Hall–Kier alpha value is -3.04. The molecule has 154 valence electrons. The van der Waals surface area contributed by atoms with Crippen LogP contribution >= 0.6 is 0 Å². The van der Waals surface area contributed by atoms with Crippen LogP contribution in [0.4, 0.5) is 0 Å². The predicted molar refractivity (Wildman–Crippen MR) is 108 cm³/mol. The standard InChI is InChI=1S/C20H25N5O4/c1-20(2,3)29-23-15(19(27)28-5)10-13-6-7-17(22-11-13)25-18(26)14-8-9-21-12-16(14)24(25)4/h6-9,11-12,15,23H,10H2,1-5H3/t15-/m0/s1. The topological polar surface area (TPSA) is 100 Å². The maximum atomic E-state index is 12.7. The number of methoxy groups -OCH3 is 1. The van der Waals surface area contributed by atoms with E-state index in [2.05, 4.69) is 15.4 Å². The number of rotatable bonds is 6. The van der Waals surface area contributed by atoms with E-state index in [1.165, 1.54) is 11.8 Å². The third-order valence-electron chi connectivity index (χ3n) is 4.33. The minimum absolute atomic E-state index is 0.169. The third kappa shape index (κ3) is 4.52. The number of carbonyl (C=O) groups is 1. The number of hydrogen-bond donors (Lipinski definition) is 1. The molecule has 9 heteroatoms. The van der Waals surface area contributed by atoms with Crippen LogP contribution in [-0.2, 0) is 27.8 Å². The number of esters is 1. The third-order valence-corrected chi connectivity index (χ3v) is 4.33. The number of nitrogens with zero attached hydrogens (tertiary/aromatic N) is 4. The first-order chi connectivity index (χ1) is 13.7. The number of nitrogens with one attached hydrogen (secondary N) is 1. The summed E-state index contributed by atoms with van der Waals surface area (Å²) < 4.78 is 8.04. The highest BCUT2D eigenvalue weighted by Gasteiger charge is 2.23. The van der Waals surface area contributed by atoms with Crippen LogP contribution < -0.4 is 11.0 Å². The number of hydrogen-bond acceptors (Lipinski definition) is 7. The highest BCUT2D eigenvalue weighted by atomic mass is 16.7. The summed E-state index contributed by atoms with van der Waals surface area (Å²) in [6, 6.07) is 4.56. The molecule has 0 unspecified atom stereocenters. The highest BCUT2D eigenvalue weighted by molar-refractivity contribution is 5.78. The average molecular weight is 399 g/mol. The first-order valence-corrected chi connectivity index (χ1v) is 9.19. The molecule has 0 spiro atoms. The summed E-state index contributed by atoms with van der Waals surface area (Å²) in [7, 11) is 3.11. The zero-order valence-electron chi connectivity index (χ0n) is 17.2. The second-order valence-corrected chi connectivity index (χ2v) is 7.67. The molecule has 29 heavy (non-hydrogen) atoms. The predicted octanol–water partition coefficient (Wildman–Crippen LogP) is 1.52. The molecule has 0 aliphatic carbocycles. The van der Waals surface area contributed by atoms with E-state index in [0.717, 1.165) is 11.1 Å². The van der Waals surface area contributed by atoms with Crippen molar-refractivity contribution in [1.82, 2.24) is 24.8 Å². The van der Waals surface area contributed by atoms with Gasteiger partial charge in [-0.1, -0.05) is 6.07 Å². The highest BCUT2D eigenvalue weighted by Crippen LogP contribution is 2.13. The van der Waals surface area contributed by atoms with Gasteiger partial charge in [0.2, 0.25) is 0 Å². The molecule has 0 saturated carbocycles. The molecule has 1 atom stereocenters. The summed E-state index contributed by atoms with van der Waals surface area (Å²) in [4.78, 5) is 38.8. The number of aryl methyl sites for hydroxylation is 1. The van der Waals surface area contributed by atoms with Crippen molar-refractivity contribution < 1.29 is 14.4 Å². The molecule has 0 aliphatic heterocycles. The van der Waals surface area contributed by atoms with Gasteiger partial charge in [0.05, 0.1) is 29.8 Å². The summed E-state index contributed by atoms with van der Waals surface area (Å²) >= 11 is 0. The second kappa shape index (κ2) is 8.14. The van der Waals surface area contributed by atoms with Crippen molar-refractivity contribution >= 4 is 16.9 Å². The van der Waals surface area contributed by atoms with Gasteiger partial charge in [-0.15, -0.1) is 0 Å². The van der Waals surface area contributed by atoms with Crippen LogP contribution in [0, 0.1) is 0 Å². The van der Waals surface area contributed by atoms with Crippen molar-refractivity contribution in [3.8, 4) is 5.82 Å². The Morgan fingerprint density at radius 1 is 1.24 bits per heavy atom. The largest absolute Gasteiger partial charge is 0.468 e. The molecule has 9 nitrogen and oxygen atoms in total. The van der Waals surface area contributed by atoms with Crippen molar-refractivity contribution in [3.63, 3.8) is 0 Å². The molecule has 1 N–H and O–H groups in total. The monoisotopic (exact) mass is 399 g/mol. The zero-order chi connectivity index (χ0) is 21.2. The Labute approximate surface area is 168 Å². The van der Waals surface area contributed by atoms with Crippen molar-refractivity contribution in [3.05, 3.63) is 52.7 Å². The Bertz CT molecular complexity index is 1060. The lowest BCUT2D eigenvalue weighted by Crippen LogP contribution is -2.43. The summed E-state index contributed by atoms with van der Waals surface area (Å²) in [5, 5.41) is 0.572. The maximum Gasteiger partial charge on any atom is 0.325 e. The number of carbonyl (C=O) groups excluding carboxylic acids is 1. The van der Waals surface area contributed by atoms with Crippen molar-refractivity contribution in [2.75, 3.05) is 7.11 Å². The molecule has 3 aromatic heterocycles. The number of fused-ring (bicyclic) bond motifs is 1. The molecule has 0 aliphatic rings. The SMILES string of the molecule is COC(=O)[C@H](Cc1ccc(-n2c(=O)c3ccncc3n2C)nc1)NOC(C)(C)C. The van der Waals surface area contributed by atoms with Gasteiger partial charge in [-0.05, 0) is 38.5 Å². The molecular formula is C20H25N5O4. The number of aromatic nitrogens is 4. The van der Waals surface area contributed by atoms with Crippen LogP contribution in [0.3, 0.4) is 0 Å². The van der Waals surface area contributed by atoms with E-state index >= 15 is 0 Å². The van der Waals surface area contributed by atoms with Gasteiger partial charge in [0, 0.05) is 25.9 Å². The molecule has 0 aromatic carbocycles. The van der Waals surface area contributed by atoms with E-state index in [0.29, 0.717) is 17.6 Å². The maximum absolute atomic E-state index is 12.7. The first kappa shape index (κ1) is 20.7. The van der Waals surface area contributed by atoms with Gasteiger partial charge in [0.15, 0.2) is 5.82 Å². The van der Waals surface area contributed by atoms with Gasteiger partial charge in [0.25, 0.3) is 5.56 Å². The molecule has 0 amide bonds. The van der Waals surface area contributed by atoms with Crippen LogP contribution in [0.15, 0.2) is 41.6 Å². The van der Waals surface area contributed by atoms with E-state index < -0.39 is 17.6 Å². The first-order valence-electron chi connectivity index (χ1n) is 9.19. The van der Waals surface area contributed by atoms with Gasteiger partial charge >= 0.3 is 5.97 Å². The lowest BCUT2D eigenvalue weighted by Gasteiger charge is -2.23. The Morgan fingerprint density at radius 2 is 2.00 bits per heavy atom. The molecule has 3 aromatic rings. The van der Waals surface area contributed by atoms with Crippen LogP contribution in [0.25, 0.3) is 16.7 Å². The Morgan fingerprint density at radius 3 is 2.59 bits per heavy atom. The normalized spacial score (nSPS) is 12.9. The quantitative estimate of drug-likeness (QED) is 0.495. The Kier molecular flexibility index (Phi) is 5.81. The van der Waals surface area contributed by atoms with E-state index in [9.17, 15) is 9.59 Å². The van der Waals surface area contributed by atoms with Gasteiger partial charge in [-0.2, -0.15) is 10.2 Å². The Balaban J connectivity index is 1.84. The lowest BCUT2D eigenvalue weighted by molar-refractivity contribution is -0.153. The molecule has 0 fully saturated rings. The van der Waals surface area contributed by atoms with E-state index in [4.69, 9.17) is 9.57 Å². The van der Waals surface area contributed by atoms with Crippen LogP contribution in [-0.4, -0.2) is 44.1 Å². The minimum Gasteiger partial charge on any atom is -0.468 e. The average Bonchev–Trinajstić information content (AvgIpc) is 2.95. The van der Waals surface area contributed by atoms with Gasteiger partial charge in [-0.25, -0.2) is 4.98 Å². The molecule has 0 radical (unpaired) electrons. The zero-order valence-corrected chi connectivity index (χ0v) is 17.2. The van der Waals surface area contributed by atoms with E-state index in [1.54, 1.807) is 42.5 Å². The molecule has 0 saturated heterocycles. The minimum atomic E-state index is -0.682. The summed E-state index contributed by atoms with van der Waals surface area (Å²) in [6.07, 6.45) is 5.18. The van der Waals surface area contributed by atoms with E-state index in [1.807, 2.05) is 26.8 Å². The second-order valence-electron chi connectivity index (χ2n) is 7.67. The van der Waals surface area contributed by atoms with Crippen molar-refractivity contribution in [2.45, 2.75) is 38.8 Å². The van der Waals surface area contributed by atoms with E-state index in [-0.39, 0.29) is 5.56 Å². The lowest BCUT2D eigenvalue weighted by atomic mass is 10.1. The molecule has 3 heterocycles. The molecule has 3 rings (SSSR count). The fourth-order valence-electron chi connectivity index (χ4n) is 2.90. The number of hydroxylamine groups is 1. The van der Waals surface area contributed by atoms with Crippen LogP contribution in [0.2, 0.25) is 0 Å². The van der Waals surface area contributed by atoms with Gasteiger partial charge in [-0.3, -0.25) is 24.1 Å². The van der Waals surface area contributed by atoms with Crippen LogP contribution in [0.5, 0.6) is 0 Å². The summed E-state index contributed by atoms with van der Waals surface area (Å²) in [6.45, 7) is 5.63. The number of ether oxygens (including phenoxy) is 1. The summed E-state index contributed by atoms with van der Waals surface area (Å²) in [5.74, 6) is 0.0432. The number of pyridine rings is 2. The fraction of sp³-hybridized carbons (Fsp3) is 0.400. The smallest absolute Gasteiger partial charge is 0.325 e. The summed E-state index contributed by atoms with van der Waals surface area (Å²) in [5.41, 5.74) is 3.66. The molecule has 0 bridgehead atoms. The fourth-order valence-corrected chi connectivity index (χ4v) is 2.90.